The van der Waals surface area contributed by atoms with Crippen molar-refractivity contribution in [2.75, 3.05) is 6.73 Å². The second-order valence-electron chi connectivity index (χ2n) is 1.08. The second-order valence-corrected chi connectivity index (χ2v) is 1.08. The van der Waals surface area contributed by atoms with Crippen LogP contribution >= 0.6 is 0 Å². The topological polar surface area (TPSA) is 47.7 Å². The quantitative estimate of drug-likeness (QED) is 0.305. The highest BCUT2D eigenvalue weighted by molar-refractivity contribution is 6.13. The molecule has 1 aliphatic heterocycles. The van der Waals surface area contributed by atoms with E-state index in [0.717, 1.165) is 0 Å². The van der Waals surface area contributed by atoms with Gasteiger partial charge in [0.15, 0.2) is 6.21 Å². The fraction of sp³-hybridized carbons (Fsp3) is 0.333. The van der Waals surface area contributed by atoms with Crippen LogP contribution in [-0.2, 0) is 4.84 Å². The molecule has 0 atom stereocenters. The van der Waals surface area contributed by atoms with Gasteiger partial charge in [-0.2, -0.15) is 4.74 Å². The van der Waals surface area contributed by atoms with Gasteiger partial charge in [0.05, 0.1) is 0 Å². The standard InChI is InChI=1S/C3H4N2O2/c6-5-2-1-4-7-3-5/h1-2H,3H2. The van der Waals surface area contributed by atoms with Crippen LogP contribution in [0.5, 0.6) is 0 Å². The molecule has 1 aliphatic rings. The lowest BCUT2D eigenvalue weighted by atomic mass is 10.8. The summed E-state index contributed by atoms with van der Waals surface area (Å²) >= 11 is 0. The molecule has 0 saturated carbocycles. The maximum atomic E-state index is 10.1. The Morgan fingerprint density at radius 2 is 2.71 bits per heavy atom. The fourth-order valence-corrected chi connectivity index (χ4v) is 0.278. The zero-order chi connectivity index (χ0) is 5.11. The van der Waals surface area contributed by atoms with Gasteiger partial charge in [0.1, 0.15) is 6.21 Å². The predicted molar refractivity (Wildman–Crippen MR) is 24.1 cm³/mol. The molecule has 0 N–H and O–H groups in total. The van der Waals surface area contributed by atoms with E-state index in [1.807, 2.05) is 0 Å². The van der Waals surface area contributed by atoms with E-state index in [0.29, 0.717) is 4.74 Å². The molecule has 1 rings (SSSR count). The Kier molecular flexibility index (Phi) is 0.934. The second kappa shape index (κ2) is 1.59. The van der Waals surface area contributed by atoms with Gasteiger partial charge < -0.3 is 10.0 Å². The van der Waals surface area contributed by atoms with Crippen LogP contribution in [0.3, 0.4) is 0 Å². The van der Waals surface area contributed by atoms with Gasteiger partial charge in [-0.1, -0.05) is 5.16 Å². The van der Waals surface area contributed by atoms with E-state index in [4.69, 9.17) is 0 Å². The minimum atomic E-state index is 0.0104. The Labute approximate surface area is 40.3 Å². The molecule has 1 heterocycles. The van der Waals surface area contributed by atoms with E-state index in [9.17, 15) is 5.21 Å². The molecule has 0 radical (unpaired) electrons. The number of hydroxylamine groups is 1. The third-order valence-corrected chi connectivity index (χ3v) is 0.553. The molecule has 0 unspecified atom stereocenters. The highest BCUT2D eigenvalue weighted by Gasteiger charge is 1.92. The number of hydrogen-bond donors (Lipinski definition) is 0. The largest absolute Gasteiger partial charge is 0.621 e. The minimum absolute atomic E-state index is 0.0104. The lowest BCUT2D eigenvalue weighted by Crippen LogP contribution is -2.12. The highest BCUT2D eigenvalue weighted by Crippen LogP contribution is 1.78. The number of rotatable bonds is 0. The van der Waals surface area contributed by atoms with E-state index >= 15 is 0 Å². The molecule has 4 heteroatoms. The van der Waals surface area contributed by atoms with Gasteiger partial charge in [-0.05, 0) is 0 Å². The van der Waals surface area contributed by atoms with Gasteiger partial charge in [0.2, 0.25) is 0 Å². The van der Waals surface area contributed by atoms with Gasteiger partial charge in [0, 0.05) is 0 Å². The van der Waals surface area contributed by atoms with Crippen LogP contribution in [0.1, 0.15) is 0 Å². The van der Waals surface area contributed by atoms with Crippen molar-refractivity contribution in [3.8, 4) is 0 Å². The summed E-state index contributed by atoms with van der Waals surface area (Å²) in [6.07, 6.45) is 2.60. The Bertz CT molecular complexity index is 118. The van der Waals surface area contributed by atoms with Crippen LogP contribution in [0.2, 0.25) is 0 Å². The highest BCUT2D eigenvalue weighted by atomic mass is 16.7. The number of hydrogen-bond acceptors (Lipinski definition) is 3. The van der Waals surface area contributed by atoms with Crippen molar-refractivity contribution in [3.05, 3.63) is 5.21 Å². The third kappa shape index (κ3) is 0.887. The molecule has 0 aromatic heterocycles. The van der Waals surface area contributed by atoms with Crippen LogP contribution < -0.4 is 0 Å². The fourth-order valence-electron chi connectivity index (χ4n) is 0.278. The van der Waals surface area contributed by atoms with Crippen LogP contribution in [0.25, 0.3) is 0 Å². The molecule has 7 heavy (non-hydrogen) atoms. The SMILES string of the molecule is [O-][N+]1=CC=NOC1. The summed E-state index contributed by atoms with van der Waals surface area (Å²) in [7, 11) is 0. The van der Waals surface area contributed by atoms with Crippen LogP contribution in [0, 0.1) is 5.21 Å². The molecular formula is C3H4N2O2. The van der Waals surface area contributed by atoms with Crippen LogP contribution in [0.15, 0.2) is 5.16 Å². The third-order valence-electron chi connectivity index (χ3n) is 0.553. The molecule has 0 bridgehead atoms. The van der Waals surface area contributed by atoms with E-state index < -0.39 is 0 Å². The first-order valence-electron chi connectivity index (χ1n) is 1.82. The van der Waals surface area contributed by atoms with E-state index in [1.54, 1.807) is 0 Å². The molecule has 0 aromatic rings. The van der Waals surface area contributed by atoms with E-state index in [-0.39, 0.29) is 6.73 Å². The average molecular weight is 100 g/mol. The molecule has 0 amide bonds. The van der Waals surface area contributed by atoms with Gasteiger partial charge >= 0.3 is 6.73 Å². The first-order valence-corrected chi connectivity index (χ1v) is 1.82. The molecule has 0 saturated heterocycles. The average Bonchev–Trinajstić information content (AvgIpc) is 1.69. The maximum Gasteiger partial charge on any atom is 0.320 e. The summed E-state index contributed by atoms with van der Waals surface area (Å²) in [6.45, 7) is 0.0104. The van der Waals surface area contributed by atoms with Gasteiger partial charge in [-0.15, -0.1) is 0 Å². The number of nitrogens with zero attached hydrogens (tertiary/aromatic N) is 2. The lowest BCUT2D eigenvalue weighted by Gasteiger charge is -2.01. The van der Waals surface area contributed by atoms with Crippen molar-refractivity contribution in [2.24, 2.45) is 5.16 Å². The predicted octanol–water partition coefficient (Wildman–Crippen LogP) is -0.459. The zero-order valence-electron chi connectivity index (χ0n) is 3.57. The monoisotopic (exact) mass is 100 g/mol. The van der Waals surface area contributed by atoms with Crippen LogP contribution in [-0.4, -0.2) is 23.9 Å². The van der Waals surface area contributed by atoms with Crippen molar-refractivity contribution >= 4 is 12.4 Å². The Morgan fingerprint density at radius 1 is 1.86 bits per heavy atom. The van der Waals surface area contributed by atoms with Crippen molar-refractivity contribution in [1.82, 2.24) is 0 Å². The summed E-state index contributed by atoms with van der Waals surface area (Å²) < 4.78 is 0.646. The Balaban J connectivity index is 2.57. The molecule has 4 nitrogen and oxygen atoms in total. The first kappa shape index (κ1) is 4.11. The molecule has 0 fully saturated rings. The van der Waals surface area contributed by atoms with E-state index in [1.165, 1.54) is 12.4 Å². The van der Waals surface area contributed by atoms with E-state index in [2.05, 4.69) is 9.99 Å². The van der Waals surface area contributed by atoms with Gasteiger partial charge in [-0.3, -0.25) is 0 Å². The minimum Gasteiger partial charge on any atom is -0.621 e. The summed E-state index contributed by atoms with van der Waals surface area (Å²) in [5.41, 5.74) is 0. The van der Waals surface area contributed by atoms with Crippen molar-refractivity contribution in [1.29, 1.82) is 0 Å². The molecule has 0 aromatic carbocycles. The summed E-state index contributed by atoms with van der Waals surface area (Å²) in [6, 6.07) is 0. The smallest absolute Gasteiger partial charge is 0.320 e. The van der Waals surface area contributed by atoms with Crippen LogP contribution in [0.4, 0.5) is 0 Å². The Hall–Kier alpha value is -1.06. The summed E-state index contributed by atoms with van der Waals surface area (Å²) in [4.78, 5) is 4.33. The van der Waals surface area contributed by atoms with Gasteiger partial charge in [-0.25, -0.2) is 0 Å². The van der Waals surface area contributed by atoms with Crippen molar-refractivity contribution < 1.29 is 9.58 Å². The molecule has 38 valence electrons. The maximum absolute atomic E-state index is 10.1. The summed E-state index contributed by atoms with van der Waals surface area (Å²) in [5, 5.41) is 13.4. The normalized spacial score (nSPS) is 18.0. The zero-order valence-corrected chi connectivity index (χ0v) is 3.57. The lowest BCUT2D eigenvalue weighted by molar-refractivity contribution is -0.504. The summed E-state index contributed by atoms with van der Waals surface area (Å²) in [5.74, 6) is 0. The number of oxime groups is 1. The first-order chi connectivity index (χ1) is 3.39. The molecule has 0 aliphatic carbocycles. The van der Waals surface area contributed by atoms with Crippen molar-refractivity contribution in [3.63, 3.8) is 0 Å². The molecule has 0 spiro atoms. The molecular weight excluding hydrogens is 96.0 g/mol. The Morgan fingerprint density at radius 3 is 3.00 bits per heavy atom. The van der Waals surface area contributed by atoms with Gasteiger partial charge in [0.25, 0.3) is 0 Å². The van der Waals surface area contributed by atoms with Crippen molar-refractivity contribution in [2.45, 2.75) is 0 Å².